The van der Waals surface area contributed by atoms with Crippen molar-refractivity contribution in [2.24, 2.45) is 0 Å². The SMILES string of the molecule is C#CCNC(=O)CCCCCN1C(=CC=CC2=[N+](C)c3ccc4c(S(=O)(=O)O)cc(S(=O)(=O)O)cc4c3C2(C)C)C(C)(C)c2c1ccc1c(S(=O)(=O)O)cc(S(=O)(=O)O)cc21. The third-order valence-corrected chi connectivity index (χ3v) is 14.7. The maximum atomic E-state index is 12.6. The summed E-state index contributed by atoms with van der Waals surface area (Å²) in [5, 5.41) is 3.03. The molecule has 4 aromatic rings. The van der Waals surface area contributed by atoms with Gasteiger partial charge in [0.05, 0.1) is 21.8 Å². The predicted molar refractivity (Wildman–Crippen MR) is 229 cm³/mol. The van der Waals surface area contributed by atoms with E-state index in [1.165, 1.54) is 18.2 Å². The van der Waals surface area contributed by atoms with Crippen LogP contribution in [0.15, 0.2) is 92.0 Å². The number of hydrogen-bond acceptors (Lipinski definition) is 10. The van der Waals surface area contributed by atoms with Gasteiger partial charge >= 0.3 is 0 Å². The van der Waals surface area contributed by atoms with E-state index in [1.807, 2.05) is 49.3 Å². The number of amides is 1. The van der Waals surface area contributed by atoms with E-state index in [0.29, 0.717) is 71.9 Å². The molecule has 0 aromatic heterocycles. The number of carbonyl (C=O) groups is 1. The van der Waals surface area contributed by atoms with E-state index in [-0.39, 0.29) is 40.4 Å². The van der Waals surface area contributed by atoms with Crippen LogP contribution in [0, 0.1) is 12.3 Å². The maximum absolute atomic E-state index is 12.6. The van der Waals surface area contributed by atoms with Gasteiger partial charge in [0, 0.05) is 58.2 Å². The number of nitrogens with one attached hydrogen (secondary N) is 1. The summed E-state index contributed by atoms with van der Waals surface area (Å²) in [5.74, 6) is 2.17. The Hall–Kier alpha value is -4.98. The number of anilines is 1. The second kappa shape index (κ2) is 15.7. The van der Waals surface area contributed by atoms with E-state index in [2.05, 4.69) is 11.2 Å². The summed E-state index contributed by atoms with van der Waals surface area (Å²) in [7, 11) is -18.0. The van der Waals surface area contributed by atoms with Crippen LogP contribution in [-0.2, 0) is 56.1 Å². The highest BCUT2D eigenvalue weighted by atomic mass is 32.2. The summed E-state index contributed by atoms with van der Waals surface area (Å²) in [6, 6.07) is 9.93. The van der Waals surface area contributed by atoms with Gasteiger partial charge in [0.15, 0.2) is 5.71 Å². The molecule has 0 bridgehead atoms. The van der Waals surface area contributed by atoms with Crippen molar-refractivity contribution in [1.29, 1.82) is 0 Å². The van der Waals surface area contributed by atoms with Crippen molar-refractivity contribution >= 4 is 85.0 Å². The zero-order valence-electron chi connectivity index (χ0n) is 33.7. The Morgan fingerprint density at radius 1 is 0.738 bits per heavy atom. The van der Waals surface area contributed by atoms with E-state index in [0.717, 1.165) is 6.07 Å². The fraction of sp³-hybridized carbons (Fsp3) is 0.317. The lowest BCUT2D eigenvalue weighted by molar-refractivity contribution is -0.401. The molecule has 0 saturated carbocycles. The molecule has 6 rings (SSSR count). The normalized spacial score (nSPS) is 17.0. The number of carbonyl (C=O) groups excluding carboxylic acids is 1. The quantitative estimate of drug-likeness (QED) is 0.0479. The fourth-order valence-electron chi connectivity index (χ4n) is 8.60. The molecular weight excluding hydrogens is 871 g/mol. The first-order valence-corrected chi connectivity index (χ1v) is 24.5. The number of terminal acetylenes is 1. The standard InChI is InChI=1S/C41H43N3O13S4/c1-7-19-42-37(45)14-9-8-10-20-44-32-18-16-28-30(22-26(59(49,50)51)24-34(28)61(55,56)57)39(32)41(4,5)36(44)13-11-12-35-40(2,3)38-29-21-25(58(46,47)48)23-33(60(52,53)54)27(29)15-17-31(38)43(35)6/h1,11-13,15-18,21-24H,8-10,14,19-20H2,2-6H3,(H4-,42,45,46,47,48,49,50,51,52,53,54,55,56,57)/p+1. The van der Waals surface area contributed by atoms with Gasteiger partial charge in [-0.25, -0.2) is 0 Å². The van der Waals surface area contributed by atoms with Crippen LogP contribution in [0.1, 0.15) is 64.5 Å². The summed E-state index contributed by atoms with van der Waals surface area (Å²) >= 11 is 0. The lowest BCUT2D eigenvalue weighted by atomic mass is 9.79. The lowest BCUT2D eigenvalue weighted by Crippen LogP contribution is -2.28. The smallest absolute Gasteiger partial charge is 0.295 e. The molecule has 324 valence electrons. The molecular formula is C41H44N3O13S4+. The van der Waals surface area contributed by atoms with Crippen LogP contribution in [0.25, 0.3) is 21.5 Å². The summed E-state index contributed by atoms with van der Waals surface area (Å²) in [6.07, 6.45) is 12.7. The van der Waals surface area contributed by atoms with Crippen LogP contribution in [0.2, 0.25) is 0 Å². The van der Waals surface area contributed by atoms with Crippen molar-refractivity contribution in [1.82, 2.24) is 5.32 Å². The first-order chi connectivity index (χ1) is 28.1. The zero-order chi connectivity index (χ0) is 45.2. The fourth-order valence-corrected chi connectivity index (χ4v) is 11.3. The third kappa shape index (κ3) is 8.48. The Labute approximate surface area is 354 Å². The molecule has 1 amide bonds. The highest BCUT2D eigenvalue weighted by Gasteiger charge is 2.46. The second-order valence-corrected chi connectivity index (χ2v) is 21.5. The van der Waals surface area contributed by atoms with Crippen molar-refractivity contribution in [3.8, 4) is 12.3 Å². The van der Waals surface area contributed by atoms with Gasteiger partial charge in [0.25, 0.3) is 40.5 Å². The molecule has 20 heteroatoms. The van der Waals surface area contributed by atoms with Gasteiger partial charge in [-0.05, 0) is 85.5 Å². The Morgan fingerprint density at radius 3 is 1.80 bits per heavy atom. The van der Waals surface area contributed by atoms with Gasteiger partial charge in [-0.1, -0.05) is 38.3 Å². The molecule has 61 heavy (non-hydrogen) atoms. The Bertz CT molecular complexity index is 3160. The zero-order valence-corrected chi connectivity index (χ0v) is 36.9. The summed E-state index contributed by atoms with van der Waals surface area (Å²) in [5.41, 5.74) is 1.72. The minimum atomic E-state index is -4.97. The van der Waals surface area contributed by atoms with Crippen molar-refractivity contribution in [2.45, 2.75) is 83.8 Å². The number of unbranched alkanes of at least 4 members (excludes halogenated alkanes) is 2. The second-order valence-electron chi connectivity index (χ2n) is 15.9. The van der Waals surface area contributed by atoms with Gasteiger partial charge < -0.3 is 10.2 Å². The molecule has 0 atom stereocenters. The van der Waals surface area contributed by atoms with E-state index in [9.17, 15) is 56.7 Å². The molecule has 2 heterocycles. The first kappa shape index (κ1) is 45.5. The summed E-state index contributed by atoms with van der Waals surface area (Å²) < 4.78 is 141. The number of hydrogen-bond donors (Lipinski definition) is 5. The summed E-state index contributed by atoms with van der Waals surface area (Å²) in [6.45, 7) is 7.92. The van der Waals surface area contributed by atoms with E-state index < -0.39 is 70.9 Å². The van der Waals surface area contributed by atoms with Crippen molar-refractivity contribution in [2.75, 3.05) is 25.0 Å². The lowest BCUT2D eigenvalue weighted by Gasteiger charge is -2.27. The van der Waals surface area contributed by atoms with Gasteiger partial charge in [0.2, 0.25) is 11.6 Å². The maximum Gasteiger partial charge on any atom is 0.295 e. The minimum Gasteiger partial charge on any atom is -0.345 e. The van der Waals surface area contributed by atoms with Gasteiger partial charge in [0.1, 0.15) is 16.8 Å². The average Bonchev–Trinajstić information content (AvgIpc) is 3.48. The van der Waals surface area contributed by atoms with Crippen molar-refractivity contribution in [3.63, 3.8) is 0 Å². The largest absolute Gasteiger partial charge is 0.345 e. The molecule has 0 aliphatic carbocycles. The molecule has 0 unspecified atom stereocenters. The number of benzene rings is 4. The predicted octanol–water partition coefficient (Wildman–Crippen LogP) is 5.53. The summed E-state index contributed by atoms with van der Waals surface area (Å²) in [4.78, 5) is 11.3. The van der Waals surface area contributed by atoms with E-state index in [1.54, 1.807) is 25.3 Å². The topological polar surface area (TPSA) is 253 Å². The van der Waals surface area contributed by atoms with E-state index >= 15 is 0 Å². The van der Waals surface area contributed by atoms with Gasteiger partial charge in [-0.2, -0.15) is 38.2 Å². The monoisotopic (exact) mass is 914 g/mol. The minimum absolute atomic E-state index is 0.0284. The molecule has 2 aliphatic rings. The number of rotatable bonds is 13. The van der Waals surface area contributed by atoms with Crippen LogP contribution < -0.4 is 10.2 Å². The molecule has 0 fully saturated rings. The van der Waals surface area contributed by atoms with Crippen LogP contribution in [0.5, 0.6) is 0 Å². The Balaban J connectivity index is 1.48. The number of nitrogens with zero attached hydrogens (tertiary/aromatic N) is 2. The van der Waals surface area contributed by atoms with Gasteiger partial charge in [-0.15, -0.1) is 6.42 Å². The van der Waals surface area contributed by atoms with Crippen molar-refractivity contribution in [3.05, 3.63) is 83.6 Å². The first-order valence-electron chi connectivity index (χ1n) is 18.7. The van der Waals surface area contributed by atoms with E-state index in [4.69, 9.17) is 6.42 Å². The van der Waals surface area contributed by atoms with Crippen LogP contribution in [0.4, 0.5) is 11.4 Å². The van der Waals surface area contributed by atoms with Crippen LogP contribution in [0.3, 0.4) is 0 Å². The van der Waals surface area contributed by atoms with Crippen LogP contribution in [-0.4, -0.2) is 88.2 Å². The highest BCUT2D eigenvalue weighted by Crippen LogP contribution is 2.52. The molecule has 16 nitrogen and oxygen atoms in total. The molecule has 0 saturated heterocycles. The van der Waals surface area contributed by atoms with Crippen LogP contribution >= 0.6 is 0 Å². The molecule has 5 N–H and O–H groups in total. The molecule has 4 aromatic carbocycles. The highest BCUT2D eigenvalue weighted by molar-refractivity contribution is 7.87. The molecule has 2 aliphatic heterocycles. The molecule has 0 radical (unpaired) electrons. The average molecular weight is 915 g/mol. The Morgan fingerprint density at radius 2 is 1.28 bits per heavy atom. The molecule has 0 spiro atoms. The number of allylic oxidation sites excluding steroid dienone is 4. The third-order valence-electron chi connectivity index (χ3n) is 11.3. The number of fused-ring (bicyclic) bond motifs is 6. The van der Waals surface area contributed by atoms with Crippen molar-refractivity contribution < 1.29 is 61.3 Å². The Kier molecular flexibility index (Phi) is 11.7. The van der Waals surface area contributed by atoms with Gasteiger partial charge in [-0.3, -0.25) is 23.0 Å².